The van der Waals surface area contributed by atoms with Crippen LogP contribution in [0.2, 0.25) is 0 Å². The normalized spacial score (nSPS) is 15.9. The second-order valence-electron chi connectivity index (χ2n) is 5.39. The molecule has 0 aromatic heterocycles. The van der Waals surface area contributed by atoms with Gasteiger partial charge in [0.1, 0.15) is 4.75 Å². The van der Waals surface area contributed by atoms with E-state index in [0.717, 1.165) is 11.8 Å². The fraction of sp³-hybridized carbons (Fsp3) is 0.929. The molecule has 24 heavy (non-hydrogen) atoms. The minimum Gasteiger partial charge on any atom is -0.465 e. The van der Waals surface area contributed by atoms with Gasteiger partial charge >= 0.3 is 24.0 Å². The number of unbranched alkanes of at least 4 members (excludes halogenated alkanes) is 1. The fourth-order valence-electron chi connectivity index (χ4n) is 1.70. The summed E-state index contributed by atoms with van der Waals surface area (Å²) in [6.45, 7) is 5.12. The van der Waals surface area contributed by atoms with Gasteiger partial charge in [0.15, 0.2) is 0 Å². The Balaban J connectivity index is 4.46. The maximum absolute atomic E-state index is 13.1. The molecule has 1 unspecified atom stereocenters. The first-order valence-electron chi connectivity index (χ1n) is 7.38. The Kier molecular flexibility index (Phi) is 8.38. The van der Waals surface area contributed by atoms with Crippen molar-refractivity contribution in [3.05, 3.63) is 0 Å². The Hall–Kier alpha value is -0.670. The third-order valence-electron chi connectivity index (χ3n) is 3.50. The van der Waals surface area contributed by atoms with Crippen LogP contribution in [-0.4, -0.2) is 41.1 Å². The minimum atomic E-state index is -6.30. The van der Waals surface area contributed by atoms with Gasteiger partial charge in [-0.3, -0.25) is 4.79 Å². The predicted molar refractivity (Wildman–Crippen MR) is 77.6 cm³/mol. The molecule has 0 aromatic carbocycles. The number of carbonyl (C=O) groups excluding carboxylic acids is 1. The number of halogens is 7. The van der Waals surface area contributed by atoms with Crippen LogP contribution in [0.15, 0.2) is 0 Å². The van der Waals surface area contributed by atoms with Gasteiger partial charge in [0.25, 0.3) is 0 Å². The average molecular weight is 386 g/mol. The minimum absolute atomic E-state index is 0.0246. The lowest BCUT2D eigenvalue weighted by Gasteiger charge is -2.28. The van der Waals surface area contributed by atoms with Crippen LogP contribution >= 0.6 is 11.8 Å². The highest BCUT2D eigenvalue weighted by Gasteiger charge is 2.72. The summed E-state index contributed by atoms with van der Waals surface area (Å²) in [6, 6.07) is 0. The molecule has 1 atom stereocenters. The summed E-state index contributed by atoms with van der Waals surface area (Å²) >= 11 is 1.11. The number of carbonyl (C=O) groups is 1. The first kappa shape index (κ1) is 23.3. The SMILES string of the molecule is CCOC(=O)C(C)(CC)SCCCCC(F)(F)C(F)(F)C(F)(F)F. The maximum Gasteiger partial charge on any atom is 0.459 e. The molecule has 2 nitrogen and oxygen atoms in total. The summed E-state index contributed by atoms with van der Waals surface area (Å²) in [5.41, 5.74) is 0. The van der Waals surface area contributed by atoms with Gasteiger partial charge in [0, 0.05) is 6.42 Å². The van der Waals surface area contributed by atoms with Crippen molar-refractivity contribution in [2.45, 2.75) is 69.2 Å². The van der Waals surface area contributed by atoms with Crippen molar-refractivity contribution < 1.29 is 40.3 Å². The number of rotatable bonds is 10. The van der Waals surface area contributed by atoms with Crippen LogP contribution in [0.4, 0.5) is 30.7 Å². The zero-order valence-electron chi connectivity index (χ0n) is 13.6. The van der Waals surface area contributed by atoms with Gasteiger partial charge in [0.05, 0.1) is 6.61 Å². The van der Waals surface area contributed by atoms with E-state index in [9.17, 15) is 35.5 Å². The summed E-state index contributed by atoms with van der Waals surface area (Å²) in [5.74, 6) is -11.5. The number of thioether (sulfide) groups is 1. The van der Waals surface area contributed by atoms with E-state index < -0.39 is 41.6 Å². The molecule has 0 aliphatic heterocycles. The van der Waals surface area contributed by atoms with E-state index >= 15 is 0 Å². The highest BCUT2D eigenvalue weighted by atomic mass is 32.2. The van der Waals surface area contributed by atoms with Crippen molar-refractivity contribution >= 4 is 17.7 Å². The largest absolute Gasteiger partial charge is 0.465 e. The summed E-state index contributed by atoms with van der Waals surface area (Å²) in [5, 5.41) is 0. The van der Waals surface area contributed by atoms with Crippen molar-refractivity contribution in [2.75, 3.05) is 12.4 Å². The average Bonchev–Trinajstić information content (AvgIpc) is 2.45. The quantitative estimate of drug-likeness (QED) is 0.284. The van der Waals surface area contributed by atoms with Crippen LogP contribution in [0.1, 0.15) is 46.5 Å². The van der Waals surface area contributed by atoms with Crippen LogP contribution in [0.5, 0.6) is 0 Å². The van der Waals surface area contributed by atoms with Crippen LogP contribution in [0, 0.1) is 0 Å². The molecule has 0 aromatic rings. The highest BCUT2D eigenvalue weighted by molar-refractivity contribution is 8.01. The topological polar surface area (TPSA) is 26.3 Å². The molecule has 0 heterocycles. The summed E-state index contributed by atoms with van der Waals surface area (Å²) in [7, 11) is 0. The van der Waals surface area contributed by atoms with E-state index in [1.807, 2.05) is 0 Å². The molecular weight excluding hydrogens is 365 g/mol. The maximum atomic E-state index is 13.1. The third kappa shape index (κ3) is 5.70. The molecule has 0 amide bonds. The number of alkyl halides is 7. The molecule has 0 rings (SSSR count). The van der Waals surface area contributed by atoms with E-state index in [0.29, 0.717) is 6.42 Å². The van der Waals surface area contributed by atoms with E-state index in [2.05, 4.69) is 0 Å². The molecule has 0 saturated heterocycles. The first-order valence-corrected chi connectivity index (χ1v) is 8.37. The Morgan fingerprint density at radius 2 is 1.54 bits per heavy atom. The van der Waals surface area contributed by atoms with Gasteiger partial charge in [-0.2, -0.15) is 30.7 Å². The molecule has 0 aliphatic rings. The molecule has 10 heteroatoms. The third-order valence-corrected chi connectivity index (χ3v) is 5.09. The van der Waals surface area contributed by atoms with Crippen LogP contribution in [-0.2, 0) is 9.53 Å². The Labute approximate surface area is 140 Å². The fourth-order valence-corrected chi connectivity index (χ4v) is 2.88. The van der Waals surface area contributed by atoms with Crippen molar-refractivity contribution in [3.8, 4) is 0 Å². The van der Waals surface area contributed by atoms with E-state index in [-0.39, 0.29) is 18.8 Å². The van der Waals surface area contributed by atoms with Gasteiger partial charge in [-0.25, -0.2) is 0 Å². The molecule has 0 bridgehead atoms. The number of esters is 1. The summed E-state index contributed by atoms with van der Waals surface area (Å²) in [4.78, 5) is 11.8. The van der Waals surface area contributed by atoms with Gasteiger partial charge < -0.3 is 4.74 Å². The number of hydrogen-bond acceptors (Lipinski definition) is 3. The van der Waals surface area contributed by atoms with E-state index in [1.54, 1.807) is 20.8 Å². The monoisotopic (exact) mass is 386 g/mol. The smallest absolute Gasteiger partial charge is 0.459 e. The van der Waals surface area contributed by atoms with Gasteiger partial charge in [-0.15, -0.1) is 11.8 Å². The van der Waals surface area contributed by atoms with Crippen LogP contribution in [0.3, 0.4) is 0 Å². The molecule has 0 N–H and O–H groups in total. The lowest BCUT2D eigenvalue weighted by Crippen LogP contribution is -2.51. The van der Waals surface area contributed by atoms with Crippen molar-refractivity contribution in [1.82, 2.24) is 0 Å². The van der Waals surface area contributed by atoms with Crippen molar-refractivity contribution in [2.24, 2.45) is 0 Å². The lowest BCUT2D eigenvalue weighted by molar-refractivity contribution is -0.355. The lowest BCUT2D eigenvalue weighted by atomic mass is 10.0. The molecule has 0 saturated carbocycles. The second-order valence-corrected chi connectivity index (χ2v) is 6.99. The molecule has 0 aliphatic carbocycles. The number of ether oxygens (including phenoxy) is 1. The predicted octanol–water partition coefficient (Wildman–Crippen LogP) is 5.45. The molecule has 0 fully saturated rings. The first-order chi connectivity index (χ1) is 10.7. The zero-order valence-corrected chi connectivity index (χ0v) is 14.4. The molecular formula is C14H21F7O2S. The van der Waals surface area contributed by atoms with Gasteiger partial charge in [-0.1, -0.05) is 6.92 Å². The Morgan fingerprint density at radius 1 is 1.00 bits per heavy atom. The zero-order chi connectivity index (χ0) is 19.2. The van der Waals surface area contributed by atoms with Crippen molar-refractivity contribution in [3.63, 3.8) is 0 Å². The number of hydrogen-bond donors (Lipinski definition) is 0. The summed E-state index contributed by atoms with van der Waals surface area (Å²) < 4.78 is 91.6. The Bertz CT molecular complexity index is 412. The molecule has 0 spiro atoms. The summed E-state index contributed by atoms with van der Waals surface area (Å²) in [6.07, 6.45) is -8.02. The van der Waals surface area contributed by atoms with E-state index in [1.165, 1.54) is 0 Å². The standard InChI is InChI=1S/C14H21F7O2S/c1-4-11(3,10(22)23-5-2)24-9-7-6-8-12(15,16)13(17,18)14(19,20)21/h4-9H2,1-3H3. The second kappa shape index (κ2) is 8.62. The van der Waals surface area contributed by atoms with Crippen LogP contribution in [0.25, 0.3) is 0 Å². The van der Waals surface area contributed by atoms with Crippen LogP contribution < -0.4 is 0 Å². The molecule has 0 radical (unpaired) electrons. The van der Waals surface area contributed by atoms with Gasteiger partial charge in [-0.05, 0) is 38.9 Å². The highest BCUT2D eigenvalue weighted by Crippen LogP contribution is 2.48. The van der Waals surface area contributed by atoms with Gasteiger partial charge in [0.2, 0.25) is 0 Å². The molecule has 144 valence electrons. The van der Waals surface area contributed by atoms with Crippen molar-refractivity contribution in [1.29, 1.82) is 0 Å². The Morgan fingerprint density at radius 3 is 1.96 bits per heavy atom. The van der Waals surface area contributed by atoms with E-state index in [4.69, 9.17) is 4.74 Å².